The van der Waals surface area contributed by atoms with Gasteiger partial charge in [0.25, 0.3) is 5.56 Å². The van der Waals surface area contributed by atoms with Crippen molar-refractivity contribution in [2.75, 3.05) is 12.9 Å². The molecule has 0 unspecified atom stereocenters. The average Bonchev–Trinajstić information content (AvgIpc) is 2.60. The first kappa shape index (κ1) is 18.7. The molecule has 0 saturated carbocycles. The van der Waals surface area contributed by atoms with E-state index in [1.807, 2.05) is 37.3 Å². The molecule has 0 aliphatic carbocycles. The minimum absolute atomic E-state index is 0.0920. The Morgan fingerprint density at radius 3 is 2.72 bits per heavy atom. The van der Waals surface area contributed by atoms with E-state index in [1.54, 1.807) is 0 Å². The molecule has 0 aliphatic rings. The molecule has 25 heavy (non-hydrogen) atoms. The number of hydrogen-bond acceptors (Lipinski definition) is 6. The predicted octanol–water partition coefficient (Wildman–Crippen LogP) is 1.45. The summed E-state index contributed by atoms with van der Waals surface area (Å²) in [4.78, 5) is 41.7. The van der Waals surface area contributed by atoms with Crippen LogP contribution >= 0.6 is 11.8 Å². The van der Waals surface area contributed by atoms with Crippen LogP contribution in [-0.4, -0.2) is 34.7 Å². The van der Waals surface area contributed by atoms with Gasteiger partial charge in [-0.15, -0.1) is 0 Å². The maximum atomic E-state index is 12.1. The molecule has 0 radical (unpaired) electrons. The third-order valence-corrected chi connectivity index (χ3v) is 4.22. The van der Waals surface area contributed by atoms with Crippen LogP contribution in [0.15, 0.2) is 46.3 Å². The molecule has 0 saturated heterocycles. The number of H-pyrrole nitrogens is 1. The molecule has 132 valence electrons. The zero-order valence-corrected chi connectivity index (χ0v) is 14.8. The van der Waals surface area contributed by atoms with Crippen LogP contribution < -0.4 is 10.9 Å². The molecule has 2 rings (SSSR count). The summed E-state index contributed by atoms with van der Waals surface area (Å²) in [6.07, 6.45) is -0.0920. The summed E-state index contributed by atoms with van der Waals surface area (Å²) in [6.45, 7) is 1.90. The molecule has 0 fully saturated rings. The topological polar surface area (TPSA) is 101 Å². The van der Waals surface area contributed by atoms with Crippen LogP contribution in [0.4, 0.5) is 0 Å². The number of rotatable bonds is 7. The van der Waals surface area contributed by atoms with Gasteiger partial charge >= 0.3 is 5.97 Å². The normalized spacial score (nSPS) is 11.6. The third kappa shape index (κ3) is 6.07. The van der Waals surface area contributed by atoms with E-state index in [0.717, 1.165) is 17.3 Å². The molecule has 0 aliphatic heterocycles. The van der Waals surface area contributed by atoms with Crippen LogP contribution in [0.2, 0.25) is 0 Å². The average molecular weight is 361 g/mol. The first-order valence-corrected chi connectivity index (χ1v) is 8.60. The molecule has 2 aromatic rings. The summed E-state index contributed by atoms with van der Waals surface area (Å²) in [5.74, 6) is -0.562. The number of hydrogen-bond donors (Lipinski definition) is 2. The number of thioether (sulfide) groups is 1. The van der Waals surface area contributed by atoms with Gasteiger partial charge in [0.15, 0.2) is 5.16 Å². The number of aromatic nitrogens is 2. The number of esters is 1. The fourth-order valence-electron chi connectivity index (χ4n) is 2.10. The van der Waals surface area contributed by atoms with Gasteiger partial charge in [0.05, 0.1) is 31.0 Å². The number of nitrogens with zero attached hydrogens (tertiary/aromatic N) is 1. The van der Waals surface area contributed by atoms with Crippen LogP contribution in [0.3, 0.4) is 0 Å². The third-order valence-electron chi connectivity index (χ3n) is 3.34. The molecule has 0 spiro atoms. The molecule has 1 atom stereocenters. The number of benzene rings is 1. The molecule has 1 heterocycles. The number of amides is 1. The molecular formula is C17H19N3O4S. The zero-order chi connectivity index (χ0) is 18.2. The second kappa shape index (κ2) is 9.03. The van der Waals surface area contributed by atoms with Gasteiger partial charge in [0.2, 0.25) is 5.91 Å². The smallest absolute Gasteiger partial charge is 0.311 e. The number of ether oxygens (including phenoxy) is 1. The van der Waals surface area contributed by atoms with Crippen molar-refractivity contribution in [2.24, 2.45) is 0 Å². The van der Waals surface area contributed by atoms with Crippen molar-refractivity contribution in [2.45, 2.75) is 24.5 Å². The summed E-state index contributed by atoms with van der Waals surface area (Å²) in [6, 6.07) is 10.7. The first-order chi connectivity index (χ1) is 12.0. The van der Waals surface area contributed by atoms with Crippen molar-refractivity contribution < 1.29 is 14.3 Å². The number of nitrogens with one attached hydrogen (secondary N) is 2. The van der Waals surface area contributed by atoms with Crippen LogP contribution in [0.25, 0.3) is 0 Å². The Bertz CT molecular complexity index is 792. The van der Waals surface area contributed by atoms with E-state index >= 15 is 0 Å². The molecular weight excluding hydrogens is 342 g/mol. The lowest BCUT2D eigenvalue weighted by atomic mass is 10.1. The Morgan fingerprint density at radius 2 is 2.04 bits per heavy atom. The Morgan fingerprint density at radius 1 is 1.32 bits per heavy atom. The van der Waals surface area contributed by atoms with Crippen LogP contribution in [0.5, 0.6) is 0 Å². The summed E-state index contributed by atoms with van der Waals surface area (Å²) in [5.41, 5.74) is 0.929. The van der Waals surface area contributed by atoms with E-state index in [0.29, 0.717) is 5.69 Å². The summed E-state index contributed by atoms with van der Waals surface area (Å²) in [5, 5.41) is 3.17. The molecule has 7 nitrogen and oxygen atoms in total. The fraction of sp³-hybridized carbons (Fsp3) is 0.294. The van der Waals surface area contributed by atoms with Crippen molar-refractivity contribution >= 4 is 23.6 Å². The first-order valence-electron chi connectivity index (χ1n) is 7.62. The highest BCUT2D eigenvalue weighted by Crippen LogP contribution is 2.14. The monoisotopic (exact) mass is 361 g/mol. The molecule has 1 aromatic carbocycles. The van der Waals surface area contributed by atoms with Crippen LogP contribution in [-0.2, 0) is 20.7 Å². The molecule has 0 bridgehead atoms. The Kier molecular flexibility index (Phi) is 6.76. The molecule has 1 aromatic heterocycles. The van der Waals surface area contributed by atoms with Crippen molar-refractivity contribution in [1.29, 1.82) is 0 Å². The summed E-state index contributed by atoms with van der Waals surface area (Å²) >= 11 is 1.10. The maximum absolute atomic E-state index is 12.1. The van der Waals surface area contributed by atoms with Gasteiger partial charge in [-0.25, -0.2) is 4.98 Å². The minimum Gasteiger partial charge on any atom is -0.469 e. The maximum Gasteiger partial charge on any atom is 0.311 e. The number of aromatic amines is 1. The zero-order valence-electron chi connectivity index (χ0n) is 13.9. The van der Waals surface area contributed by atoms with Gasteiger partial charge in [0, 0.05) is 6.07 Å². The van der Waals surface area contributed by atoms with E-state index in [1.165, 1.54) is 13.2 Å². The Hall–Kier alpha value is -2.61. The molecule has 1 amide bonds. The van der Waals surface area contributed by atoms with Crippen molar-refractivity contribution in [1.82, 2.24) is 15.3 Å². The highest BCUT2D eigenvalue weighted by atomic mass is 32.2. The van der Waals surface area contributed by atoms with Gasteiger partial charge in [-0.05, 0) is 12.5 Å². The summed E-state index contributed by atoms with van der Waals surface area (Å²) in [7, 11) is 1.27. The quantitative estimate of drug-likeness (QED) is 0.440. The number of methoxy groups -OCH3 is 1. The van der Waals surface area contributed by atoms with Gasteiger partial charge < -0.3 is 15.0 Å². The fourth-order valence-corrected chi connectivity index (χ4v) is 2.81. The second-order valence-corrected chi connectivity index (χ2v) is 6.25. The SMILES string of the molecule is COC(=O)Cc1cc(=O)[nH]c(SCC(=O)N[C@@H](C)c2ccccc2)n1. The lowest BCUT2D eigenvalue weighted by Gasteiger charge is -2.14. The molecule has 2 N–H and O–H groups in total. The standard InChI is InChI=1S/C17H19N3O4S/c1-11(12-6-4-3-5-7-12)18-15(22)10-25-17-19-13(8-14(21)20-17)9-16(23)24-2/h3-8,11H,9-10H2,1-2H3,(H,18,22)(H,19,20,21)/t11-/m0/s1. The number of carbonyl (C=O) groups excluding carboxylic acids is 2. The van der Waals surface area contributed by atoms with Gasteiger partial charge in [-0.3, -0.25) is 14.4 Å². The van der Waals surface area contributed by atoms with Gasteiger partial charge in [0.1, 0.15) is 0 Å². The van der Waals surface area contributed by atoms with E-state index in [-0.39, 0.29) is 34.8 Å². The lowest BCUT2D eigenvalue weighted by Crippen LogP contribution is -2.28. The van der Waals surface area contributed by atoms with Crippen molar-refractivity contribution in [3.05, 3.63) is 58.0 Å². The second-order valence-electron chi connectivity index (χ2n) is 5.28. The minimum atomic E-state index is -0.483. The van der Waals surface area contributed by atoms with E-state index in [2.05, 4.69) is 20.0 Å². The van der Waals surface area contributed by atoms with Crippen LogP contribution in [0.1, 0.15) is 24.2 Å². The van der Waals surface area contributed by atoms with Crippen molar-refractivity contribution in [3.63, 3.8) is 0 Å². The van der Waals surface area contributed by atoms with Crippen LogP contribution in [0, 0.1) is 0 Å². The number of carbonyl (C=O) groups is 2. The van der Waals surface area contributed by atoms with E-state index < -0.39 is 5.97 Å². The van der Waals surface area contributed by atoms with Gasteiger partial charge in [-0.1, -0.05) is 42.1 Å². The molecule has 8 heteroatoms. The Balaban J connectivity index is 1.93. The van der Waals surface area contributed by atoms with Crippen molar-refractivity contribution in [3.8, 4) is 0 Å². The largest absolute Gasteiger partial charge is 0.469 e. The summed E-state index contributed by atoms with van der Waals surface area (Å²) < 4.78 is 4.56. The highest BCUT2D eigenvalue weighted by Gasteiger charge is 2.12. The van der Waals surface area contributed by atoms with E-state index in [4.69, 9.17) is 0 Å². The predicted molar refractivity (Wildman–Crippen MR) is 94.3 cm³/mol. The highest BCUT2D eigenvalue weighted by molar-refractivity contribution is 7.99. The van der Waals surface area contributed by atoms with E-state index in [9.17, 15) is 14.4 Å². The van der Waals surface area contributed by atoms with Gasteiger partial charge in [-0.2, -0.15) is 0 Å². The lowest BCUT2D eigenvalue weighted by molar-refractivity contribution is -0.139. The Labute approximate surface area is 149 Å².